The predicted molar refractivity (Wildman–Crippen MR) is 78.9 cm³/mol. The van der Waals surface area contributed by atoms with Crippen molar-refractivity contribution in [2.24, 2.45) is 0 Å². The average Bonchev–Trinajstić information content (AvgIpc) is 2.41. The highest BCUT2D eigenvalue weighted by Gasteiger charge is 2.31. The molecule has 0 aromatic heterocycles. The summed E-state index contributed by atoms with van der Waals surface area (Å²) in [4.78, 5) is 0. The second kappa shape index (κ2) is 6.83. The lowest BCUT2D eigenvalue weighted by molar-refractivity contribution is 0.168. The Labute approximate surface area is 117 Å². The van der Waals surface area contributed by atoms with Crippen molar-refractivity contribution in [2.75, 3.05) is 11.5 Å². The fourth-order valence-corrected chi connectivity index (χ4v) is 5.45. The summed E-state index contributed by atoms with van der Waals surface area (Å²) >= 11 is 3.78. The van der Waals surface area contributed by atoms with E-state index in [1.165, 1.54) is 6.07 Å². The van der Waals surface area contributed by atoms with E-state index in [9.17, 15) is 9.50 Å². The van der Waals surface area contributed by atoms with Gasteiger partial charge in [-0.1, -0.05) is 25.1 Å². The van der Waals surface area contributed by atoms with Crippen LogP contribution in [0.25, 0.3) is 0 Å². The van der Waals surface area contributed by atoms with Gasteiger partial charge in [0.15, 0.2) is 0 Å². The van der Waals surface area contributed by atoms with Crippen LogP contribution in [0.4, 0.5) is 4.39 Å². The molecular formula is C14H19FOS2. The van der Waals surface area contributed by atoms with Crippen LogP contribution >= 0.6 is 23.5 Å². The standard InChI is InChI=1S/C14H19FOS2/c1-2-13-14(18-8-7-17-13)12(16)9-10-5-3-4-6-11(10)15/h3-6,12-14,16H,2,7-9H2,1H3. The number of hydrogen-bond acceptors (Lipinski definition) is 3. The van der Waals surface area contributed by atoms with Crippen LogP contribution in [-0.2, 0) is 6.42 Å². The molecule has 1 aromatic rings. The van der Waals surface area contributed by atoms with Gasteiger partial charge in [-0.15, -0.1) is 0 Å². The smallest absolute Gasteiger partial charge is 0.126 e. The molecule has 1 aliphatic rings. The van der Waals surface area contributed by atoms with Gasteiger partial charge in [0.2, 0.25) is 0 Å². The first kappa shape index (κ1) is 14.2. The molecule has 3 unspecified atom stereocenters. The zero-order chi connectivity index (χ0) is 13.0. The van der Waals surface area contributed by atoms with Crippen molar-refractivity contribution in [1.29, 1.82) is 0 Å². The summed E-state index contributed by atoms with van der Waals surface area (Å²) in [5, 5.41) is 11.1. The van der Waals surface area contributed by atoms with Crippen molar-refractivity contribution in [1.82, 2.24) is 0 Å². The van der Waals surface area contributed by atoms with Crippen molar-refractivity contribution in [3.63, 3.8) is 0 Å². The van der Waals surface area contributed by atoms with Crippen molar-refractivity contribution in [3.05, 3.63) is 35.6 Å². The van der Waals surface area contributed by atoms with Crippen LogP contribution in [0, 0.1) is 5.82 Å². The molecule has 0 aliphatic carbocycles. The van der Waals surface area contributed by atoms with Crippen molar-refractivity contribution in [2.45, 2.75) is 36.4 Å². The second-order valence-electron chi connectivity index (χ2n) is 4.52. The van der Waals surface area contributed by atoms with Crippen LogP contribution in [0.1, 0.15) is 18.9 Å². The van der Waals surface area contributed by atoms with E-state index in [4.69, 9.17) is 0 Å². The second-order valence-corrected chi connectivity index (χ2v) is 7.15. The summed E-state index contributed by atoms with van der Waals surface area (Å²) in [5.41, 5.74) is 0.621. The van der Waals surface area contributed by atoms with Crippen molar-refractivity contribution >= 4 is 23.5 Å². The molecule has 2 rings (SSSR count). The minimum Gasteiger partial charge on any atom is -0.392 e. The van der Waals surface area contributed by atoms with Gasteiger partial charge >= 0.3 is 0 Å². The van der Waals surface area contributed by atoms with E-state index in [-0.39, 0.29) is 11.1 Å². The van der Waals surface area contributed by atoms with E-state index in [0.29, 0.717) is 17.2 Å². The van der Waals surface area contributed by atoms with Gasteiger partial charge < -0.3 is 5.11 Å². The van der Waals surface area contributed by atoms with Crippen LogP contribution in [0.3, 0.4) is 0 Å². The zero-order valence-corrected chi connectivity index (χ0v) is 12.1. The molecule has 100 valence electrons. The molecule has 1 N–H and O–H groups in total. The van der Waals surface area contributed by atoms with E-state index in [2.05, 4.69) is 6.92 Å². The van der Waals surface area contributed by atoms with E-state index in [1.54, 1.807) is 12.1 Å². The van der Waals surface area contributed by atoms with Gasteiger partial charge in [0.1, 0.15) is 5.82 Å². The number of halogens is 1. The molecule has 1 nitrogen and oxygen atoms in total. The lowest BCUT2D eigenvalue weighted by atomic mass is 10.0. The molecule has 1 heterocycles. The largest absolute Gasteiger partial charge is 0.392 e. The Morgan fingerprint density at radius 3 is 2.78 bits per heavy atom. The van der Waals surface area contributed by atoms with Crippen LogP contribution in [0.15, 0.2) is 24.3 Å². The summed E-state index contributed by atoms with van der Waals surface area (Å²) in [6.07, 6.45) is 1.03. The third kappa shape index (κ3) is 3.43. The van der Waals surface area contributed by atoms with E-state index < -0.39 is 6.10 Å². The number of hydrogen-bond donors (Lipinski definition) is 1. The molecule has 0 bridgehead atoms. The van der Waals surface area contributed by atoms with Gasteiger partial charge in [-0.05, 0) is 18.1 Å². The lowest BCUT2D eigenvalue weighted by Gasteiger charge is -2.33. The number of thioether (sulfide) groups is 2. The molecule has 1 aliphatic heterocycles. The van der Waals surface area contributed by atoms with E-state index in [0.717, 1.165) is 17.9 Å². The third-order valence-electron chi connectivity index (χ3n) is 3.26. The maximum absolute atomic E-state index is 13.6. The summed E-state index contributed by atoms with van der Waals surface area (Å²) in [6, 6.07) is 6.73. The fourth-order valence-electron chi connectivity index (χ4n) is 2.30. The van der Waals surface area contributed by atoms with Gasteiger partial charge in [0.05, 0.1) is 6.10 Å². The molecule has 1 saturated heterocycles. The monoisotopic (exact) mass is 286 g/mol. The Morgan fingerprint density at radius 2 is 2.06 bits per heavy atom. The maximum Gasteiger partial charge on any atom is 0.126 e. The highest BCUT2D eigenvalue weighted by atomic mass is 32.2. The van der Waals surface area contributed by atoms with Gasteiger partial charge in [0, 0.05) is 28.4 Å². The lowest BCUT2D eigenvalue weighted by Crippen LogP contribution is -2.37. The third-order valence-corrected chi connectivity index (χ3v) is 6.65. The highest BCUT2D eigenvalue weighted by molar-refractivity contribution is 8.07. The SMILES string of the molecule is CCC1SCCSC1C(O)Cc1ccccc1F. The van der Waals surface area contributed by atoms with Gasteiger partial charge in [0.25, 0.3) is 0 Å². The predicted octanol–water partition coefficient (Wildman–Crippen LogP) is 3.36. The molecule has 3 atom stereocenters. The molecule has 18 heavy (non-hydrogen) atoms. The van der Waals surface area contributed by atoms with Crippen LogP contribution < -0.4 is 0 Å². The van der Waals surface area contributed by atoms with Gasteiger partial charge in [-0.2, -0.15) is 23.5 Å². The first-order valence-corrected chi connectivity index (χ1v) is 8.46. The van der Waals surface area contributed by atoms with Gasteiger partial charge in [-0.3, -0.25) is 0 Å². The minimum absolute atomic E-state index is 0.210. The summed E-state index contributed by atoms with van der Waals surface area (Å²) in [7, 11) is 0. The zero-order valence-electron chi connectivity index (χ0n) is 10.5. The average molecular weight is 286 g/mol. The number of aliphatic hydroxyl groups is 1. The number of aliphatic hydroxyl groups excluding tert-OH is 1. The Morgan fingerprint density at radius 1 is 1.33 bits per heavy atom. The Kier molecular flexibility index (Phi) is 5.39. The normalized spacial score (nSPS) is 25.9. The Balaban J connectivity index is 2.02. The molecule has 4 heteroatoms. The van der Waals surface area contributed by atoms with E-state index >= 15 is 0 Å². The minimum atomic E-state index is -0.454. The Bertz CT molecular complexity index is 386. The molecule has 1 fully saturated rings. The summed E-state index contributed by atoms with van der Waals surface area (Å²) < 4.78 is 13.6. The van der Waals surface area contributed by atoms with Crippen molar-refractivity contribution < 1.29 is 9.50 Å². The maximum atomic E-state index is 13.6. The Hall–Kier alpha value is -0.190. The van der Waals surface area contributed by atoms with E-state index in [1.807, 2.05) is 29.6 Å². The molecular weight excluding hydrogens is 267 g/mol. The van der Waals surface area contributed by atoms with Crippen molar-refractivity contribution in [3.8, 4) is 0 Å². The molecule has 0 amide bonds. The molecule has 0 radical (unpaired) electrons. The van der Waals surface area contributed by atoms with Crippen LogP contribution in [0.2, 0.25) is 0 Å². The van der Waals surface area contributed by atoms with Crippen LogP contribution in [-0.4, -0.2) is 33.2 Å². The number of rotatable bonds is 4. The summed E-state index contributed by atoms with van der Waals surface area (Å²) in [5.74, 6) is 2.03. The first-order valence-electron chi connectivity index (χ1n) is 6.37. The molecule has 0 saturated carbocycles. The first-order chi connectivity index (χ1) is 8.72. The molecule has 0 spiro atoms. The fraction of sp³-hybridized carbons (Fsp3) is 0.571. The quantitative estimate of drug-likeness (QED) is 0.916. The van der Waals surface area contributed by atoms with Crippen LogP contribution in [0.5, 0.6) is 0 Å². The summed E-state index contributed by atoms with van der Waals surface area (Å²) in [6.45, 7) is 2.16. The number of benzene rings is 1. The molecule has 1 aromatic carbocycles. The highest BCUT2D eigenvalue weighted by Crippen LogP contribution is 2.36. The van der Waals surface area contributed by atoms with Gasteiger partial charge in [-0.25, -0.2) is 4.39 Å². The topological polar surface area (TPSA) is 20.2 Å².